The van der Waals surface area contributed by atoms with Gasteiger partial charge in [0.2, 0.25) is 5.91 Å². The Balaban J connectivity index is 1.86. The van der Waals surface area contributed by atoms with Gasteiger partial charge in [-0.2, -0.15) is 0 Å². The molecule has 0 radical (unpaired) electrons. The fourth-order valence-corrected chi connectivity index (χ4v) is 1.97. The largest absolute Gasteiger partial charge is 0.393 e. The molecule has 0 atom stereocenters. The van der Waals surface area contributed by atoms with Gasteiger partial charge in [-0.3, -0.25) is 9.59 Å². The highest BCUT2D eigenvalue weighted by Crippen LogP contribution is 2.19. The van der Waals surface area contributed by atoms with Crippen LogP contribution in [0.1, 0.15) is 35.7 Å². The van der Waals surface area contributed by atoms with Gasteiger partial charge in [0, 0.05) is 25.1 Å². The number of hydrogen-bond acceptors (Lipinski definition) is 3. The predicted octanol–water partition coefficient (Wildman–Crippen LogP) is 0.576. The summed E-state index contributed by atoms with van der Waals surface area (Å²) in [5.41, 5.74) is 1.54. The molecular weight excluding hydrogens is 244 g/mol. The number of rotatable bonds is 4. The van der Waals surface area contributed by atoms with Gasteiger partial charge in [0.1, 0.15) is 0 Å². The molecule has 1 fully saturated rings. The second-order valence-electron chi connectivity index (χ2n) is 4.90. The van der Waals surface area contributed by atoms with Crippen molar-refractivity contribution >= 4 is 11.8 Å². The summed E-state index contributed by atoms with van der Waals surface area (Å²) >= 11 is 0. The maximum atomic E-state index is 11.9. The molecular formula is C14H18N2O3. The van der Waals surface area contributed by atoms with Crippen molar-refractivity contribution in [1.29, 1.82) is 0 Å². The maximum absolute atomic E-state index is 11.9. The highest BCUT2D eigenvalue weighted by atomic mass is 16.3. The number of benzene rings is 1. The van der Waals surface area contributed by atoms with Gasteiger partial charge in [-0.25, -0.2) is 0 Å². The van der Waals surface area contributed by atoms with Gasteiger partial charge in [-0.05, 0) is 30.5 Å². The fraction of sp³-hybridized carbons (Fsp3) is 0.429. The predicted molar refractivity (Wildman–Crippen MR) is 70.5 cm³/mol. The molecule has 102 valence electrons. The first-order chi connectivity index (χ1) is 9.04. The van der Waals surface area contributed by atoms with E-state index >= 15 is 0 Å². The summed E-state index contributed by atoms with van der Waals surface area (Å²) in [6.45, 7) is 1.93. The molecule has 0 saturated heterocycles. The lowest BCUT2D eigenvalue weighted by atomic mass is 9.89. The first-order valence-electron chi connectivity index (χ1n) is 6.37. The summed E-state index contributed by atoms with van der Waals surface area (Å²) < 4.78 is 0. The molecule has 0 bridgehead atoms. The van der Waals surface area contributed by atoms with Crippen LogP contribution in [0.5, 0.6) is 0 Å². The van der Waals surface area contributed by atoms with Crippen molar-refractivity contribution in [1.82, 2.24) is 10.6 Å². The van der Waals surface area contributed by atoms with Gasteiger partial charge in [0.25, 0.3) is 5.91 Å². The molecule has 0 aromatic heterocycles. The Morgan fingerprint density at radius 1 is 1.26 bits per heavy atom. The lowest BCUT2D eigenvalue weighted by Gasteiger charge is -2.31. The van der Waals surface area contributed by atoms with E-state index in [9.17, 15) is 9.59 Å². The van der Waals surface area contributed by atoms with E-state index in [1.807, 2.05) is 12.1 Å². The van der Waals surface area contributed by atoms with Gasteiger partial charge >= 0.3 is 0 Å². The van der Waals surface area contributed by atoms with E-state index in [0.717, 1.165) is 5.56 Å². The zero-order chi connectivity index (χ0) is 13.8. The van der Waals surface area contributed by atoms with E-state index < -0.39 is 0 Å². The molecule has 5 nitrogen and oxygen atoms in total. The molecule has 1 aromatic carbocycles. The fourth-order valence-electron chi connectivity index (χ4n) is 1.97. The zero-order valence-electron chi connectivity index (χ0n) is 10.8. The quantitative estimate of drug-likeness (QED) is 0.742. The molecule has 0 heterocycles. The summed E-state index contributed by atoms with van der Waals surface area (Å²) in [7, 11) is 0. The molecule has 2 amide bonds. The molecule has 1 aromatic rings. The van der Waals surface area contributed by atoms with Gasteiger partial charge in [-0.15, -0.1) is 0 Å². The van der Waals surface area contributed by atoms with E-state index in [0.29, 0.717) is 24.9 Å². The van der Waals surface area contributed by atoms with Crippen LogP contribution >= 0.6 is 0 Å². The van der Waals surface area contributed by atoms with Crippen LogP contribution in [0.4, 0.5) is 0 Å². The first-order valence-corrected chi connectivity index (χ1v) is 6.37. The van der Waals surface area contributed by atoms with Crippen LogP contribution in [0, 0.1) is 0 Å². The topological polar surface area (TPSA) is 78.4 Å². The summed E-state index contributed by atoms with van der Waals surface area (Å²) in [5.74, 6) is -0.201. The van der Waals surface area contributed by atoms with Crippen molar-refractivity contribution in [2.45, 2.75) is 38.5 Å². The van der Waals surface area contributed by atoms with Gasteiger partial charge in [-0.1, -0.05) is 12.1 Å². The van der Waals surface area contributed by atoms with Gasteiger partial charge in [0.15, 0.2) is 0 Å². The lowest BCUT2D eigenvalue weighted by Crippen LogP contribution is -2.46. The van der Waals surface area contributed by atoms with E-state index in [1.165, 1.54) is 6.92 Å². The number of nitrogens with one attached hydrogen (secondary N) is 2. The third kappa shape index (κ3) is 3.79. The molecule has 0 aliphatic heterocycles. The van der Waals surface area contributed by atoms with Gasteiger partial charge < -0.3 is 15.7 Å². The third-order valence-corrected chi connectivity index (χ3v) is 3.21. The van der Waals surface area contributed by atoms with Crippen LogP contribution in [0.3, 0.4) is 0 Å². The van der Waals surface area contributed by atoms with E-state index in [4.69, 9.17) is 5.11 Å². The molecule has 2 rings (SSSR count). The van der Waals surface area contributed by atoms with E-state index in [-0.39, 0.29) is 24.0 Å². The van der Waals surface area contributed by atoms with Crippen molar-refractivity contribution in [3.8, 4) is 0 Å². The van der Waals surface area contributed by atoms with Crippen LogP contribution in [-0.2, 0) is 11.3 Å². The molecule has 0 unspecified atom stereocenters. The number of aliphatic hydroxyl groups is 1. The van der Waals surface area contributed by atoms with E-state index in [2.05, 4.69) is 10.6 Å². The third-order valence-electron chi connectivity index (χ3n) is 3.21. The number of amides is 2. The summed E-state index contributed by atoms with van der Waals surface area (Å²) in [6, 6.07) is 7.20. The van der Waals surface area contributed by atoms with Crippen LogP contribution in [0.25, 0.3) is 0 Å². The number of carbonyl (C=O) groups excluding carboxylic acids is 2. The molecule has 1 aliphatic rings. The highest BCUT2D eigenvalue weighted by molar-refractivity contribution is 5.94. The minimum atomic E-state index is -0.273. The van der Waals surface area contributed by atoms with E-state index in [1.54, 1.807) is 12.1 Å². The monoisotopic (exact) mass is 262 g/mol. The van der Waals surface area contributed by atoms with Crippen molar-refractivity contribution in [2.24, 2.45) is 0 Å². The van der Waals surface area contributed by atoms with Crippen LogP contribution in [0.15, 0.2) is 24.3 Å². The molecule has 3 N–H and O–H groups in total. The van der Waals surface area contributed by atoms with Crippen molar-refractivity contribution in [2.75, 3.05) is 0 Å². The normalized spacial score (nSPS) is 21.4. The van der Waals surface area contributed by atoms with Crippen LogP contribution in [-0.4, -0.2) is 29.1 Å². The second-order valence-corrected chi connectivity index (χ2v) is 4.90. The van der Waals surface area contributed by atoms with Crippen molar-refractivity contribution < 1.29 is 14.7 Å². The minimum absolute atomic E-state index is 0.0784. The Morgan fingerprint density at radius 3 is 2.42 bits per heavy atom. The summed E-state index contributed by atoms with van der Waals surface area (Å²) in [6.07, 6.45) is 0.990. The zero-order valence-corrected chi connectivity index (χ0v) is 10.8. The standard InChI is InChI=1S/C14H18N2O3/c1-9(17)15-8-10-2-4-11(5-3-10)14(19)16-12-6-13(18)7-12/h2-5,12-13,18H,6-8H2,1H3,(H,15,17)(H,16,19). The minimum Gasteiger partial charge on any atom is -0.393 e. The number of carbonyl (C=O) groups is 2. The van der Waals surface area contributed by atoms with Crippen LogP contribution < -0.4 is 10.6 Å². The molecule has 5 heteroatoms. The molecule has 1 saturated carbocycles. The average Bonchev–Trinajstić information content (AvgIpc) is 2.35. The molecule has 1 aliphatic carbocycles. The lowest BCUT2D eigenvalue weighted by molar-refractivity contribution is -0.119. The average molecular weight is 262 g/mol. The maximum Gasteiger partial charge on any atom is 0.251 e. The Kier molecular flexibility index (Phi) is 4.16. The Labute approximate surface area is 112 Å². The van der Waals surface area contributed by atoms with Crippen LogP contribution in [0.2, 0.25) is 0 Å². The number of aliphatic hydroxyl groups excluding tert-OH is 1. The second kappa shape index (κ2) is 5.84. The number of hydrogen-bond donors (Lipinski definition) is 3. The first kappa shape index (κ1) is 13.5. The summed E-state index contributed by atoms with van der Waals surface area (Å²) in [4.78, 5) is 22.7. The molecule has 0 spiro atoms. The van der Waals surface area contributed by atoms with Crippen molar-refractivity contribution in [3.05, 3.63) is 35.4 Å². The molecule has 19 heavy (non-hydrogen) atoms. The summed E-state index contributed by atoms with van der Waals surface area (Å²) in [5, 5.41) is 14.7. The van der Waals surface area contributed by atoms with Gasteiger partial charge in [0.05, 0.1) is 6.10 Å². The Hall–Kier alpha value is -1.88. The van der Waals surface area contributed by atoms with Crippen molar-refractivity contribution in [3.63, 3.8) is 0 Å². The Bertz CT molecular complexity index is 464. The Morgan fingerprint density at radius 2 is 1.89 bits per heavy atom. The smallest absolute Gasteiger partial charge is 0.251 e. The highest BCUT2D eigenvalue weighted by Gasteiger charge is 2.28. The SMILES string of the molecule is CC(=O)NCc1ccc(C(=O)NC2CC(O)C2)cc1.